The predicted molar refractivity (Wildman–Crippen MR) is 159 cm³/mol. The third-order valence-corrected chi connectivity index (χ3v) is 6.28. The number of rotatable bonds is 8. The Balaban J connectivity index is 0.000000328. The molecule has 0 radical (unpaired) electrons. The van der Waals surface area contributed by atoms with Crippen molar-refractivity contribution in [1.82, 2.24) is 15.2 Å². The van der Waals surface area contributed by atoms with Gasteiger partial charge in [0.2, 0.25) is 0 Å². The first-order valence-electron chi connectivity index (χ1n) is 12.3. The molecule has 2 aliphatic heterocycles. The molecular formula is C27H37Cl2N7O2. The maximum absolute atomic E-state index is 10.9. The molecule has 1 aromatic rings. The number of anilines is 1. The molecule has 0 aromatic heterocycles. The lowest BCUT2D eigenvalue weighted by atomic mass is 9.92. The van der Waals surface area contributed by atoms with Crippen molar-refractivity contribution in [2.45, 2.75) is 39.2 Å². The average molecular weight is 563 g/mol. The van der Waals surface area contributed by atoms with Crippen LogP contribution in [0, 0.1) is 0 Å². The van der Waals surface area contributed by atoms with Crippen molar-refractivity contribution >= 4 is 47.1 Å². The van der Waals surface area contributed by atoms with Gasteiger partial charge in [-0.15, -0.1) is 0 Å². The fraction of sp³-hybridized carbons (Fsp3) is 0.370. The summed E-state index contributed by atoms with van der Waals surface area (Å²) in [5.74, 6) is 0.401. The fourth-order valence-corrected chi connectivity index (χ4v) is 4.29. The van der Waals surface area contributed by atoms with E-state index in [1.54, 1.807) is 18.2 Å². The van der Waals surface area contributed by atoms with E-state index in [1.165, 1.54) is 13.4 Å². The number of amides is 2. The molecule has 0 saturated heterocycles. The predicted octanol–water partition coefficient (Wildman–Crippen LogP) is 5.11. The minimum Gasteiger partial charge on any atom is -0.384 e. The fourth-order valence-electron chi connectivity index (χ4n) is 3.84. The number of halogens is 2. The van der Waals surface area contributed by atoms with Gasteiger partial charge in [0.25, 0.3) is 0 Å². The Hall–Kier alpha value is -3.11. The van der Waals surface area contributed by atoms with Gasteiger partial charge in [0, 0.05) is 17.8 Å². The molecule has 1 atom stereocenters. The number of fused-ring (bicyclic) bond motifs is 1. The van der Waals surface area contributed by atoms with Crippen molar-refractivity contribution in [1.29, 1.82) is 0 Å². The van der Waals surface area contributed by atoms with Crippen LogP contribution >= 0.6 is 23.2 Å². The van der Waals surface area contributed by atoms with Crippen molar-refractivity contribution < 1.29 is 9.90 Å². The molecule has 1 unspecified atom stereocenters. The maximum Gasteiger partial charge on any atom is 0.319 e. The van der Waals surface area contributed by atoms with Gasteiger partial charge in [0.15, 0.2) is 5.84 Å². The quantitative estimate of drug-likeness (QED) is 0.328. The van der Waals surface area contributed by atoms with Gasteiger partial charge in [-0.1, -0.05) is 47.5 Å². The molecule has 2 aliphatic rings. The lowest BCUT2D eigenvalue weighted by Gasteiger charge is -2.34. The number of urea groups is 1. The number of nitrogens with one attached hydrogen (secondary N) is 2. The van der Waals surface area contributed by atoms with Crippen LogP contribution in [0.15, 0.2) is 75.1 Å². The number of hydrazone groups is 1. The van der Waals surface area contributed by atoms with E-state index in [-0.39, 0.29) is 6.03 Å². The smallest absolute Gasteiger partial charge is 0.319 e. The highest BCUT2D eigenvalue weighted by atomic mass is 35.5. The highest BCUT2D eigenvalue weighted by Gasteiger charge is 2.30. The van der Waals surface area contributed by atoms with Gasteiger partial charge in [0.05, 0.1) is 10.7 Å². The molecule has 38 heavy (non-hydrogen) atoms. The Morgan fingerprint density at radius 1 is 1.32 bits per heavy atom. The normalized spacial score (nSPS) is 16.0. The molecule has 5 N–H and O–H groups in total. The van der Waals surface area contributed by atoms with Gasteiger partial charge in [0.1, 0.15) is 18.1 Å². The van der Waals surface area contributed by atoms with E-state index in [2.05, 4.69) is 45.8 Å². The van der Waals surface area contributed by atoms with Crippen molar-refractivity contribution in [3.8, 4) is 0 Å². The molecule has 0 bridgehead atoms. The van der Waals surface area contributed by atoms with Crippen LogP contribution in [0.4, 0.5) is 10.5 Å². The molecule has 9 nitrogen and oxygen atoms in total. The molecular weight excluding hydrogens is 525 g/mol. The first-order valence-corrected chi connectivity index (χ1v) is 13.0. The first kappa shape index (κ1) is 31.1. The number of amidine groups is 1. The van der Waals surface area contributed by atoms with Gasteiger partial charge in [-0.2, -0.15) is 5.10 Å². The number of allylic oxidation sites excluding steroid dienone is 4. The molecule has 0 spiro atoms. The topological polar surface area (TPSA) is 119 Å². The van der Waals surface area contributed by atoms with Crippen molar-refractivity contribution in [2.75, 3.05) is 33.0 Å². The standard InChI is InChI=1S/C19H29N5O.C8H8Cl2N2O/c1-5-8-14(6-2)18(25)16-11-10-15(9-7-12-23(3)4)24-17(16)19(20)21-13-22-24;1-11-8(13)12-7-3-2-5(9)4-6(7)10/h5-6,8,10,13,18,25H,7,9,11-12H2,1-4H3,(H2,20,21,22);2-4H,1H3,(H2,11,12,13)/b8-5-,14-6+;. The number of hydrogen-bond acceptors (Lipinski definition) is 7. The second kappa shape index (κ2) is 15.3. The summed E-state index contributed by atoms with van der Waals surface area (Å²) in [5.41, 5.74) is 10.2. The average Bonchev–Trinajstić information content (AvgIpc) is 2.89. The van der Waals surface area contributed by atoms with E-state index in [1.807, 2.05) is 37.1 Å². The molecule has 2 heterocycles. The van der Waals surface area contributed by atoms with Crippen LogP contribution < -0.4 is 16.4 Å². The molecule has 2 amide bonds. The third-order valence-electron chi connectivity index (χ3n) is 5.74. The molecule has 1 aromatic carbocycles. The van der Waals surface area contributed by atoms with Gasteiger partial charge >= 0.3 is 6.03 Å². The molecule has 0 saturated carbocycles. The summed E-state index contributed by atoms with van der Waals surface area (Å²) in [5, 5.41) is 23.0. The summed E-state index contributed by atoms with van der Waals surface area (Å²) in [6.07, 6.45) is 11.2. The summed E-state index contributed by atoms with van der Waals surface area (Å²) in [6.45, 7) is 4.87. The Kier molecular flexibility index (Phi) is 12.6. The van der Waals surface area contributed by atoms with E-state index in [9.17, 15) is 9.90 Å². The highest BCUT2D eigenvalue weighted by molar-refractivity contribution is 6.36. The first-order chi connectivity index (χ1) is 18.1. The number of aliphatic hydroxyl groups excluding tert-OH is 1. The Bertz CT molecular complexity index is 1170. The second-order valence-electron chi connectivity index (χ2n) is 8.76. The van der Waals surface area contributed by atoms with E-state index in [0.29, 0.717) is 28.0 Å². The number of carbonyl (C=O) groups is 1. The van der Waals surface area contributed by atoms with Crippen LogP contribution in [0.1, 0.15) is 33.1 Å². The van der Waals surface area contributed by atoms with Crippen LogP contribution in [0.2, 0.25) is 10.0 Å². The Morgan fingerprint density at radius 3 is 2.66 bits per heavy atom. The summed E-state index contributed by atoms with van der Waals surface area (Å²) >= 11 is 11.5. The van der Waals surface area contributed by atoms with Gasteiger partial charge in [-0.25, -0.2) is 14.8 Å². The highest BCUT2D eigenvalue weighted by Crippen LogP contribution is 2.33. The summed E-state index contributed by atoms with van der Waals surface area (Å²) < 4.78 is 0. The third kappa shape index (κ3) is 8.73. The minimum absolute atomic E-state index is 0.316. The molecule has 11 heteroatoms. The van der Waals surface area contributed by atoms with Gasteiger partial charge in [-0.3, -0.25) is 0 Å². The number of aliphatic imine (C=N–C) groups is 1. The van der Waals surface area contributed by atoms with Crippen LogP contribution in [-0.2, 0) is 0 Å². The van der Waals surface area contributed by atoms with Crippen molar-refractivity contribution in [3.63, 3.8) is 0 Å². The number of hydrogen-bond donors (Lipinski definition) is 4. The van der Waals surface area contributed by atoms with E-state index in [4.69, 9.17) is 28.9 Å². The van der Waals surface area contributed by atoms with E-state index < -0.39 is 6.10 Å². The van der Waals surface area contributed by atoms with Crippen LogP contribution in [-0.4, -0.2) is 67.0 Å². The molecule has 3 rings (SSSR count). The largest absolute Gasteiger partial charge is 0.384 e. The number of nitrogens with zero attached hydrogens (tertiary/aromatic N) is 4. The Labute approximate surface area is 235 Å². The van der Waals surface area contributed by atoms with Crippen LogP contribution in [0.25, 0.3) is 0 Å². The minimum atomic E-state index is -0.722. The summed E-state index contributed by atoms with van der Waals surface area (Å²) in [4.78, 5) is 17.2. The Morgan fingerprint density at radius 2 is 2.05 bits per heavy atom. The van der Waals surface area contributed by atoms with Gasteiger partial charge < -0.3 is 26.4 Å². The van der Waals surface area contributed by atoms with E-state index >= 15 is 0 Å². The summed E-state index contributed by atoms with van der Waals surface area (Å²) in [6, 6.07) is 4.54. The zero-order valence-corrected chi connectivity index (χ0v) is 24.0. The SMILES string of the molecule is C/C=C\C(=C/C)C(O)C1=C2C(N)=NC=NN2C(CCCN(C)C)=CC1.CNC(=O)Nc1ccc(Cl)cc1Cl. The van der Waals surface area contributed by atoms with Crippen molar-refractivity contribution in [3.05, 3.63) is 75.1 Å². The molecule has 0 aliphatic carbocycles. The number of nitrogens with two attached hydrogens (primary N) is 1. The number of aliphatic hydroxyl groups is 1. The monoisotopic (exact) mass is 561 g/mol. The lowest BCUT2D eigenvalue weighted by Crippen LogP contribution is -2.36. The zero-order chi connectivity index (χ0) is 28.2. The number of benzene rings is 1. The summed E-state index contributed by atoms with van der Waals surface area (Å²) in [7, 11) is 5.66. The van der Waals surface area contributed by atoms with Crippen LogP contribution in [0.3, 0.4) is 0 Å². The lowest BCUT2D eigenvalue weighted by molar-refractivity contribution is 0.240. The molecule has 206 valence electrons. The second-order valence-corrected chi connectivity index (χ2v) is 9.60. The zero-order valence-electron chi connectivity index (χ0n) is 22.5. The molecule has 0 fully saturated rings. The van der Waals surface area contributed by atoms with Gasteiger partial charge in [-0.05, 0) is 83.1 Å². The van der Waals surface area contributed by atoms with Crippen molar-refractivity contribution in [2.24, 2.45) is 15.8 Å². The van der Waals surface area contributed by atoms with E-state index in [0.717, 1.165) is 41.9 Å². The maximum atomic E-state index is 10.9. The number of carbonyl (C=O) groups excluding carboxylic acids is 1. The van der Waals surface area contributed by atoms with Crippen LogP contribution in [0.5, 0.6) is 0 Å².